The first-order valence-corrected chi connectivity index (χ1v) is 9.12. The summed E-state index contributed by atoms with van der Waals surface area (Å²) < 4.78 is 0. The van der Waals surface area contributed by atoms with Gasteiger partial charge in [0.25, 0.3) is 0 Å². The highest BCUT2D eigenvalue weighted by Crippen LogP contribution is 2.60. The molecule has 5 rings (SSSR count). The highest BCUT2D eigenvalue weighted by atomic mass is 15.1. The molecule has 4 bridgehead atoms. The predicted octanol–water partition coefficient (Wildman–Crippen LogP) is 3.13. The Balaban J connectivity index is 1.41. The van der Waals surface area contributed by atoms with Gasteiger partial charge in [-0.2, -0.15) is 0 Å². The van der Waals surface area contributed by atoms with Gasteiger partial charge in [0.05, 0.1) is 0 Å². The van der Waals surface area contributed by atoms with Crippen molar-refractivity contribution >= 4 is 0 Å². The van der Waals surface area contributed by atoms with Gasteiger partial charge >= 0.3 is 0 Å². The van der Waals surface area contributed by atoms with Crippen molar-refractivity contribution in [3.63, 3.8) is 0 Å². The summed E-state index contributed by atoms with van der Waals surface area (Å²) in [6.45, 7) is 5.40. The average Bonchev–Trinajstić information content (AvgIpc) is 2.37. The van der Waals surface area contributed by atoms with E-state index in [0.717, 1.165) is 29.1 Å². The second kappa shape index (κ2) is 5.28. The lowest BCUT2D eigenvalue weighted by atomic mass is 9.49. The molecule has 0 amide bonds. The molecule has 1 saturated heterocycles. The van der Waals surface area contributed by atoms with Crippen molar-refractivity contribution in [2.24, 2.45) is 29.1 Å². The predicted molar refractivity (Wildman–Crippen MR) is 83.7 cm³/mol. The van der Waals surface area contributed by atoms with Gasteiger partial charge in [0, 0.05) is 13.1 Å². The van der Waals surface area contributed by atoms with Crippen LogP contribution in [0.5, 0.6) is 0 Å². The van der Waals surface area contributed by atoms with Crippen molar-refractivity contribution in [1.82, 2.24) is 10.2 Å². The summed E-state index contributed by atoms with van der Waals surface area (Å²) in [6, 6.07) is 0. The molecule has 0 radical (unpaired) electrons. The molecule has 0 spiro atoms. The SMILES string of the molecule is CNCC1CCCN(CC23CC4CC(CC(C4)C2)C3)C1. The van der Waals surface area contributed by atoms with Crippen molar-refractivity contribution < 1.29 is 0 Å². The van der Waals surface area contributed by atoms with Crippen LogP contribution in [0.3, 0.4) is 0 Å². The lowest BCUT2D eigenvalue weighted by Gasteiger charge is -2.58. The lowest BCUT2D eigenvalue weighted by molar-refractivity contribution is -0.0732. The highest BCUT2D eigenvalue weighted by Gasteiger charge is 2.51. The molecule has 1 aliphatic heterocycles. The third-order valence-corrected chi connectivity index (χ3v) is 6.82. The van der Waals surface area contributed by atoms with Crippen molar-refractivity contribution in [2.45, 2.75) is 51.4 Å². The van der Waals surface area contributed by atoms with Gasteiger partial charge in [0.2, 0.25) is 0 Å². The van der Waals surface area contributed by atoms with E-state index in [1.807, 2.05) is 0 Å². The first-order valence-electron chi connectivity index (χ1n) is 9.12. The zero-order chi connectivity index (χ0) is 13.6. The summed E-state index contributed by atoms with van der Waals surface area (Å²) in [5.41, 5.74) is 0.746. The van der Waals surface area contributed by atoms with E-state index in [2.05, 4.69) is 17.3 Å². The number of rotatable bonds is 4. The first kappa shape index (κ1) is 13.6. The number of nitrogens with zero attached hydrogens (tertiary/aromatic N) is 1. The van der Waals surface area contributed by atoms with E-state index in [0.29, 0.717) is 0 Å². The van der Waals surface area contributed by atoms with E-state index in [9.17, 15) is 0 Å². The molecule has 4 saturated carbocycles. The van der Waals surface area contributed by atoms with Crippen LogP contribution in [0, 0.1) is 29.1 Å². The first-order chi connectivity index (χ1) is 9.75. The smallest absolute Gasteiger partial charge is 0.00384 e. The molecule has 5 fully saturated rings. The number of nitrogens with one attached hydrogen (secondary N) is 1. The van der Waals surface area contributed by atoms with Gasteiger partial charge in [0.15, 0.2) is 0 Å². The Kier molecular flexibility index (Phi) is 3.58. The molecule has 4 aliphatic carbocycles. The molecule has 0 aromatic carbocycles. The molecule has 0 aromatic heterocycles. The fourth-order valence-corrected chi connectivity index (χ4v) is 6.71. The standard InChI is InChI=1S/C18H32N2/c1-19-11-14-3-2-4-20(12-14)13-18-8-15-5-16(9-18)7-17(6-15)10-18/h14-17,19H,2-13H2,1H3. The minimum absolute atomic E-state index is 0.746. The van der Waals surface area contributed by atoms with Gasteiger partial charge in [-0.15, -0.1) is 0 Å². The summed E-state index contributed by atoms with van der Waals surface area (Å²) in [5, 5.41) is 3.39. The number of hydrogen-bond donors (Lipinski definition) is 1. The second-order valence-electron chi connectivity index (χ2n) is 8.72. The Hall–Kier alpha value is -0.0800. The summed E-state index contributed by atoms with van der Waals surface area (Å²) >= 11 is 0. The molecular formula is C18H32N2. The highest BCUT2D eigenvalue weighted by molar-refractivity contribution is 5.02. The molecule has 1 atom stereocenters. The largest absolute Gasteiger partial charge is 0.319 e. The average molecular weight is 276 g/mol. The quantitative estimate of drug-likeness (QED) is 0.848. The van der Waals surface area contributed by atoms with Gasteiger partial charge in [0.1, 0.15) is 0 Å². The number of hydrogen-bond acceptors (Lipinski definition) is 2. The maximum atomic E-state index is 3.39. The Morgan fingerprint density at radius 1 is 1.05 bits per heavy atom. The Labute approximate surface area is 124 Å². The summed E-state index contributed by atoms with van der Waals surface area (Å²) in [5.74, 6) is 4.24. The van der Waals surface area contributed by atoms with Crippen molar-refractivity contribution in [2.75, 3.05) is 33.2 Å². The fourth-order valence-electron chi connectivity index (χ4n) is 6.71. The number of likely N-dealkylation sites (tertiary alicyclic amines) is 1. The van der Waals surface area contributed by atoms with Crippen LogP contribution < -0.4 is 5.32 Å². The van der Waals surface area contributed by atoms with E-state index in [-0.39, 0.29) is 0 Å². The van der Waals surface area contributed by atoms with E-state index >= 15 is 0 Å². The van der Waals surface area contributed by atoms with E-state index < -0.39 is 0 Å². The van der Waals surface area contributed by atoms with Crippen molar-refractivity contribution in [3.8, 4) is 0 Å². The second-order valence-corrected chi connectivity index (χ2v) is 8.72. The molecular weight excluding hydrogens is 244 g/mol. The Bertz CT molecular complexity index is 314. The van der Waals surface area contributed by atoms with Crippen molar-refractivity contribution in [3.05, 3.63) is 0 Å². The van der Waals surface area contributed by atoms with Gasteiger partial charge in [-0.05, 0) is 101 Å². The zero-order valence-electron chi connectivity index (χ0n) is 13.2. The molecule has 1 heterocycles. The third-order valence-electron chi connectivity index (χ3n) is 6.82. The van der Waals surface area contributed by atoms with Gasteiger partial charge in [-0.3, -0.25) is 0 Å². The maximum Gasteiger partial charge on any atom is 0.00384 e. The van der Waals surface area contributed by atoms with Gasteiger partial charge in [-0.25, -0.2) is 0 Å². The summed E-state index contributed by atoms with van der Waals surface area (Å²) in [4.78, 5) is 2.85. The monoisotopic (exact) mass is 276 g/mol. The van der Waals surface area contributed by atoms with Gasteiger partial charge in [-0.1, -0.05) is 0 Å². The lowest BCUT2D eigenvalue weighted by Crippen LogP contribution is -2.53. The zero-order valence-corrected chi connectivity index (χ0v) is 13.2. The van der Waals surface area contributed by atoms with Gasteiger partial charge < -0.3 is 10.2 Å². The maximum absolute atomic E-state index is 3.39. The van der Waals surface area contributed by atoms with Crippen LogP contribution in [-0.4, -0.2) is 38.1 Å². The molecule has 20 heavy (non-hydrogen) atoms. The molecule has 5 aliphatic rings. The molecule has 114 valence electrons. The minimum Gasteiger partial charge on any atom is -0.319 e. The van der Waals surface area contributed by atoms with Crippen molar-refractivity contribution in [1.29, 1.82) is 0 Å². The Morgan fingerprint density at radius 3 is 2.30 bits per heavy atom. The van der Waals surface area contributed by atoms with Crippen LogP contribution in [-0.2, 0) is 0 Å². The summed E-state index contributed by atoms with van der Waals surface area (Å²) in [7, 11) is 2.11. The molecule has 1 unspecified atom stereocenters. The van der Waals surface area contributed by atoms with E-state index in [4.69, 9.17) is 0 Å². The van der Waals surface area contributed by atoms with Crippen LogP contribution in [0.1, 0.15) is 51.4 Å². The fraction of sp³-hybridized carbons (Fsp3) is 1.00. The summed E-state index contributed by atoms with van der Waals surface area (Å²) in [6.07, 6.45) is 12.4. The van der Waals surface area contributed by atoms with Crippen LogP contribution in [0.15, 0.2) is 0 Å². The number of piperidine rings is 1. The topological polar surface area (TPSA) is 15.3 Å². The van der Waals surface area contributed by atoms with Crippen LogP contribution in [0.2, 0.25) is 0 Å². The van der Waals surface area contributed by atoms with Crippen LogP contribution >= 0.6 is 0 Å². The molecule has 2 heteroatoms. The molecule has 1 N–H and O–H groups in total. The van der Waals surface area contributed by atoms with E-state index in [1.54, 1.807) is 38.5 Å². The molecule has 2 nitrogen and oxygen atoms in total. The Morgan fingerprint density at radius 2 is 1.70 bits per heavy atom. The van der Waals surface area contributed by atoms with Crippen LogP contribution in [0.25, 0.3) is 0 Å². The van der Waals surface area contributed by atoms with Crippen LogP contribution in [0.4, 0.5) is 0 Å². The minimum atomic E-state index is 0.746. The molecule has 0 aromatic rings. The normalized spacial score (nSPS) is 47.9. The third kappa shape index (κ3) is 2.54. The van der Waals surface area contributed by atoms with E-state index in [1.165, 1.54) is 39.0 Å².